The first-order valence-electron chi connectivity index (χ1n) is 8.90. The van der Waals surface area contributed by atoms with E-state index in [1.165, 1.54) is 11.0 Å². The van der Waals surface area contributed by atoms with Gasteiger partial charge in [0.05, 0.1) is 17.4 Å². The van der Waals surface area contributed by atoms with Crippen LogP contribution in [0, 0.1) is 19.7 Å². The fourth-order valence-corrected chi connectivity index (χ4v) is 3.17. The topological polar surface area (TPSA) is 50.2 Å². The number of hydrogen-bond donors (Lipinski definition) is 1. The smallest absolute Gasteiger partial charge is 0.321 e. The monoisotopic (exact) mass is 444 g/mol. The van der Waals surface area contributed by atoms with Crippen LogP contribution >= 0.6 is 15.9 Å². The number of anilines is 1. The van der Waals surface area contributed by atoms with Crippen molar-refractivity contribution < 1.29 is 9.18 Å². The summed E-state index contributed by atoms with van der Waals surface area (Å²) in [5, 5.41) is 7.48. The zero-order valence-corrected chi connectivity index (χ0v) is 17.8. The number of nitrogens with zero attached hydrogens (tertiary/aromatic N) is 3. The van der Waals surface area contributed by atoms with Gasteiger partial charge in [-0.25, -0.2) is 13.9 Å². The molecule has 0 aliphatic heterocycles. The van der Waals surface area contributed by atoms with E-state index in [0.717, 1.165) is 21.4 Å². The van der Waals surface area contributed by atoms with Crippen molar-refractivity contribution in [3.8, 4) is 5.69 Å². The number of benzene rings is 2. The lowest BCUT2D eigenvalue weighted by atomic mass is 10.1. The Morgan fingerprint density at radius 2 is 1.82 bits per heavy atom. The Morgan fingerprint density at radius 1 is 1.18 bits per heavy atom. The predicted octanol–water partition coefficient (Wildman–Crippen LogP) is 5.62. The van der Waals surface area contributed by atoms with Crippen LogP contribution in [0.3, 0.4) is 0 Å². The van der Waals surface area contributed by atoms with Crippen LogP contribution in [0.25, 0.3) is 5.69 Å². The normalized spacial score (nSPS) is 11.9. The molecule has 0 radical (unpaired) electrons. The summed E-state index contributed by atoms with van der Waals surface area (Å²) in [6.45, 7) is 5.60. The van der Waals surface area contributed by atoms with Gasteiger partial charge in [-0.3, -0.25) is 5.32 Å². The number of urea groups is 1. The van der Waals surface area contributed by atoms with E-state index in [2.05, 4.69) is 26.3 Å². The molecule has 0 spiro atoms. The Bertz CT molecular complexity index is 1000. The molecule has 2 aromatic carbocycles. The van der Waals surface area contributed by atoms with Gasteiger partial charge in [0.2, 0.25) is 0 Å². The highest BCUT2D eigenvalue weighted by Gasteiger charge is 2.23. The van der Waals surface area contributed by atoms with Crippen LogP contribution < -0.4 is 5.32 Å². The van der Waals surface area contributed by atoms with Gasteiger partial charge in [0.15, 0.2) is 0 Å². The van der Waals surface area contributed by atoms with Crippen molar-refractivity contribution in [2.45, 2.75) is 26.8 Å². The minimum atomic E-state index is -0.424. The lowest BCUT2D eigenvalue weighted by Gasteiger charge is -2.26. The van der Waals surface area contributed by atoms with Gasteiger partial charge in [-0.05, 0) is 51.1 Å². The lowest BCUT2D eigenvalue weighted by molar-refractivity contribution is 0.207. The molecule has 1 atom stereocenters. The molecule has 3 rings (SSSR count). The maximum absolute atomic E-state index is 14.1. The van der Waals surface area contributed by atoms with Crippen molar-refractivity contribution in [1.29, 1.82) is 0 Å². The molecule has 1 aromatic heterocycles. The molecule has 2 amide bonds. The molecule has 0 unspecified atom stereocenters. The molecule has 28 heavy (non-hydrogen) atoms. The summed E-state index contributed by atoms with van der Waals surface area (Å²) < 4.78 is 16.8. The van der Waals surface area contributed by atoms with E-state index in [1.54, 1.807) is 36.9 Å². The molecule has 0 saturated carbocycles. The number of nitrogens with one attached hydrogen (secondary N) is 1. The number of carbonyl (C=O) groups is 1. The average molecular weight is 445 g/mol. The highest BCUT2D eigenvalue weighted by atomic mass is 79.9. The molecule has 1 N–H and O–H groups in total. The van der Waals surface area contributed by atoms with Crippen LogP contribution in [-0.2, 0) is 0 Å². The van der Waals surface area contributed by atoms with Crippen LogP contribution in [0.2, 0.25) is 0 Å². The molecule has 3 aromatic rings. The summed E-state index contributed by atoms with van der Waals surface area (Å²) in [5.41, 5.74) is 3.00. The first-order valence-corrected chi connectivity index (χ1v) is 9.69. The number of halogens is 2. The Morgan fingerprint density at radius 3 is 2.46 bits per heavy atom. The van der Waals surface area contributed by atoms with Gasteiger partial charge in [0, 0.05) is 22.6 Å². The first kappa shape index (κ1) is 20.1. The number of hydrogen-bond acceptors (Lipinski definition) is 2. The van der Waals surface area contributed by atoms with Gasteiger partial charge < -0.3 is 4.90 Å². The highest BCUT2D eigenvalue weighted by Crippen LogP contribution is 2.26. The SMILES string of the molecule is Cc1nn(-c2ccc(Br)cc2)c(NC(=O)N(C)[C@@H](C)c2ccccc2F)c1C. The molecule has 7 heteroatoms. The second kappa shape index (κ2) is 8.14. The largest absolute Gasteiger partial charge is 0.323 e. The van der Waals surface area contributed by atoms with Crippen LogP contribution in [0.5, 0.6) is 0 Å². The second-order valence-corrected chi connectivity index (χ2v) is 7.60. The Kier molecular flexibility index (Phi) is 5.84. The summed E-state index contributed by atoms with van der Waals surface area (Å²) in [7, 11) is 1.65. The summed E-state index contributed by atoms with van der Waals surface area (Å²) in [6.07, 6.45) is 0. The van der Waals surface area contributed by atoms with Gasteiger partial charge in [-0.15, -0.1) is 0 Å². The number of amides is 2. The van der Waals surface area contributed by atoms with Gasteiger partial charge >= 0.3 is 6.03 Å². The molecule has 0 bridgehead atoms. The zero-order valence-electron chi connectivity index (χ0n) is 16.2. The molecule has 0 aliphatic carbocycles. The summed E-state index contributed by atoms with van der Waals surface area (Å²) in [4.78, 5) is 14.4. The van der Waals surface area contributed by atoms with Crippen LogP contribution in [0.15, 0.2) is 53.0 Å². The molecule has 0 fully saturated rings. The molecule has 0 saturated heterocycles. The van der Waals surface area contributed by atoms with E-state index in [-0.39, 0.29) is 11.8 Å². The predicted molar refractivity (Wildman–Crippen MR) is 112 cm³/mol. The van der Waals surface area contributed by atoms with Gasteiger partial charge in [0.25, 0.3) is 0 Å². The van der Waals surface area contributed by atoms with Gasteiger partial charge in [-0.1, -0.05) is 34.1 Å². The van der Waals surface area contributed by atoms with Crippen molar-refractivity contribution in [2.75, 3.05) is 12.4 Å². The molecule has 146 valence electrons. The summed E-state index contributed by atoms with van der Waals surface area (Å²) in [6, 6.07) is 13.4. The minimum absolute atomic E-state index is 0.332. The van der Waals surface area contributed by atoms with E-state index in [4.69, 9.17) is 0 Å². The third-order valence-electron chi connectivity index (χ3n) is 4.91. The van der Waals surface area contributed by atoms with Gasteiger partial charge in [0.1, 0.15) is 11.6 Å². The van der Waals surface area contributed by atoms with E-state index in [0.29, 0.717) is 11.4 Å². The number of carbonyl (C=O) groups excluding carboxylic acids is 1. The molecule has 0 aliphatic rings. The third-order valence-corrected chi connectivity index (χ3v) is 5.44. The minimum Gasteiger partial charge on any atom is -0.321 e. The third kappa shape index (κ3) is 3.94. The van der Waals surface area contributed by atoms with Gasteiger partial charge in [-0.2, -0.15) is 5.10 Å². The van der Waals surface area contributed by atoms with Crippen molar-refractivity contribution in [3.63, 3.8) is 0 Å². The maximum Gasteiger partial charge on any atom is 0.323 e. The standard InChI is InChI=1S/C21H22BrFN4O/c1-13-14(2)25-27(17-11-9-16(22)10-12-17)20(13)24-21(28)26(4)15(3)18-7-5-6-8-19(18)23/h5-12,15H,1-4H3,(H,24,28)/t15-/m0/s1. The Balaban J connectivity index is 1.88. The van der Waals surface area contributed by atoms with Crippen LogP contribution in [0.1, 0.15) is 29.8 Å². The van der Waals surface area contributed by atoms with Crippen molar-refractivity contribution in [2.24, 2.45) is 0 Å². The molecule has 5 nitrogen and oxygen atoms in total. The van der Waals surface area contributed by atoms with E-state index < -0.39 is 6.04 Å². The van der Waals surface area contributed by atoms with E-state index >= 15 is 0 Å². The van der Waals surface area contributed by atoms with E-state index in [9.17, 15) is 9.18 Å². The zero-order chi connectivity index (χ0) is 20.4. The molecular formula is C21H22BrFN4O. The first-order chi connectivity index (χ1) is 13.3. The summed E-state index contributed by atoms with van der Waals surface area (Å²) in [5.74, 6) is 0.263. The fraction of sp³-hybridized carbons (Fsp3) is 0.238. The Labute approximate surface area is 172 Å². The lowest BCUT2D eigenvalue weighted by Crippen LogP contribution is -2.34. The number of rotatable bonds is 4. The quantitative estimate of drug-likeness (QED) is 0.567. The van der Waals surface area contributed by atoms with E-state index in [1.807, 2.05) is 38.1 Å². The molecule has 1 heterocycles. The maximum atomic E-state index is 14.1. The average Bonchev–Trinajstić information content (AvgIpc) is 2.96. The number of aromatic nitrogens is 2. The highest BCUT2D eigenvalue weighted by molar-refractivity contribution is 9.10. The Hall–Kier alpha value is -2.67. The van der Waals surface area contributed by atoms with Crippen molar-refractivity contribution in [1.82, 2.24) is 14.7 Å². The number of aryl methyl sites for hydroxylation is 1. The van der Waals surface area contributed by atoms with Crippen molar-refractivity contribution in [3.05, 3.63) is 75.6 Å². The van der Waals surface area contributed by atoms with Crippen molar-refractivity contribution >= 4 is 27.8 Å². The molecular weight excluding hydrogens is 423 g/mol. The van der Waals surface area contributed by atoms with Crippen LogP contribution in [-0.4, -0.2) is 27.8 Å². The fourth-order valence-electron chi connectivity index (χ4n) is 2.91. The second-order valence-electron chi connectivity index (χ2n) is 6.69. The summed E-state index contributed by atoms with van der Waals surface area (Å²) >= 11 is 3.42. The van der Waals surface area contributed by atoms with Crippen LogP contribution in [0.4, 0.5) is 15.0 Å².